The van der Waals surface area contributed by atoms with E-state index in [-0.39, 0.29) is 17.9 Å². The van der Waals surface area contributed by atoms with E-state index < -0.39 is 0 Å². The third-order valence-corrected chi connectivity index (χ3v) is 6.12. The third-order valence-electron chi connectivity index (χ3n) is 6.12. The number of amides is 1. The largest absolute Gasteiger partial charge is 0.347 e. The van der Waals surface area contributed by atoms with Crippen molar-refractivity contribution in [1.29, 1.82) is 0 Å². The van der Waals surface area contributed by atoms with Crippen molar-refractivity contribution < 1.29 is 9.18 Å². The molecule has 2 N–H and O–H groups in total. The van der Waals surface area contributed by atoms with E-state index >= 15 is 0 Å². The lowest BCUT2D eigenvalue weighted by atomic mass is 10.0. The molecule has 2 aromatic carbocycles. The van der Waals surface area contributed by atoms with Gasteiger partial charge in [-0.3, -0.25) is 15.0 Å². The predicted octanol–water partition coefficient (Wildman–Crippen LogP) is 3.19. The molecule has 0 unspecified atom stereocenters. The fourth-order valence-electron chi connectivity index (χ4n) is 4.43. The van der Waals surface area contributed by atoms with E-state index in [1.807, 2.05) is 6.07 Å². The molecule has 1 fully saturated rings. The van der Waals surface area contributed by atoms with Gasteiger partial charge in [0.25, 0.3) is 5.91 Å². The molecule has 1 atom stereocenters. The van der Waals surface area contributed by atoms with Crippen molar-refractivity contribution >= 4 is 5.91 Å². The Bertz CT molecular complexity index is 1040. The molecule has 2 aliphatic rings. The molecule has 0 spiro atoms. The van der Waals surface area contributed by atoms with Crippen LogP contribution < -0.4 is 10.6 Å². The van der Waals surface area contributed by atoms with Crippen molar-refractivity contribution in [3.63, 3.8) is 0 Å². The number of hydrogen-bond donors (Lipinski definition) is 2. The molecule has 2 aliphatic heterocycles. The summed E-state index contributed by atoms with van der Waals surface area (Å²) in [4.78, 5) is 14.9. The van der Waals surface area contributed by atoms with Gasteiger partial charge in [0.05, 0.1) is 12.2 Å². The fourth-order valence-corrected chi connectivity index (χ4v) is 4.43. The van der Waals surface area contributed by atoms with Crippen molar-refractivity contribution in [2.75, 3.05) is 19.6 Å². The van der Waals surface area contributed by atoms with Crippen molar-refractivity contribution in [3.8, 4) is 11.3 Å². The van der Waals surface area contributed by atoms with Gasteiger partial charge < -0.3 is 5.32 Å². The molecule has 3 heterocycles. The number of aromatic nitrogens is 2. The summed E-state index contributed by atoms with van der Waals surface area (Å²) in [5, 5.41) is 11.3. The number of halogens is 1. The van der Waals surface area contributed by atoms with Gasteiger partial charge in [-0.15, -0.1) is 0 Å². The van der Waals surface area contributed by atoms with E-state index in [1.54, 1.807) is 22.9 Å². The highest BCUT2D eigenvalue weighted by Gasteiger charge is 2.30. The summed E-state index contributed by atoms with van der Waals surface area (Å²) in [6.45, 7) is 3.56. The highest BCUT2D eigenvalue weighted by molar-refractivity contribution is 5.94. The number of hydrogen-bond acceptors (Lipinski definition) is 4. The van der Waals surface area contributed by atoms with Crippen LogP contribution >= 0.6 is 0 Å². The Morgan fingerprint density at radius 1 is 1.06 bits per heavy atom. The molecule has 1 saturated heterocycles. The molecule has 31 heavy (non-hydrogen) atoms. The topological polar surface area (TPSA) is 62.2 Å². The first kappa shape index (κ1) is 19.9. The maximum atomic E-state index is 13.3. The van der Waals surface area contributed by atoms with Gasteiger partial charge in [-0.05, 0) is 61.8 Å². The highest BCUT2D eigenvalue weighted by atomic mass is 19.1. The summed E-state index contributed by atoms with van der Waals surface area (Å²) < 4.78 is 15.0. The quantitative estimate of drug-likeness (QED) is 0.667. The molecular weight excluding hydrogens is 393 g/mol. The van der Waals surface area contributed by atoms with Crippen molar-refractivity contribution in [1.82, 2.24) is 25.3 Å². The maximum absolute atomic E-state index is 13.3. The SMILES string of the molecule is O=C1NC[C@@H](NC2CCN(Cc3ccccc3)CC2)n2nc(-c3ccc(F)cc3)cc21. The van der Waals surface area contributed by atoms with Crippen molar-refractivity contribution in [2.45, 2.75) is 31.6 Å². The van der Waals surface area contributed by atoms with Crippen LogP contribution in [0.1, 0.15) is 35.1 Å². The maximum Gasteiger partial charge on any atom is 0.269 e. The van der Waals surface area contributed by atoms with Gasteiger partial charge >= 0.3 is 0 Å². The van der Waals surface area contributed by atoms with E-state index in [0.717, 1.165) is 38.0 Å². The number of nitrogens with one attached hydrogen (secondary N) is 2. The van der Waals surface area contributed by atoms with E-state index in [4.69, 9.17) is 0 Å². The molecule has 1 amide bonds. The minimum absolute atomic E-state index is 0.0902. The molecule has 7 heteroatoms. The Balaban J connectivity index is 1.25. The van der Waals surface area contributed by atoms with Crippen LogP contribution in [0.3, 0.4) is 0 Å². The summed E-state index contributed by atoms with van der Waals surface area (Å²) in [7, 11) is 0. The predicted molar refractivity (Wildman–Crippen MR) is 117 cm³/mol. The van der Waals surface area contributed by atoms with Gasteiger partial charge in [-0.2, -0.15) is 5.10 Å². The highest BCUT2D eigenvalue weighted by Crippen LogP contribution is 2.24. The van der Waals surface area contributed by atoms with Gasteiger partial charge in [0.15, 0.2) is 0 Å². The van der Waals surface area contributed by atoms with Crippen LogP contribution in [0.25, 0.3) is 11.3 Å². The zero-order chi connectivity index (χ0) is 21.2. The van der Waals surface area contributed by atoms with E-state index in [1.165, 1.54) is 17.7 Å². The Morgan fingerprint density at radius 3 is 2.55 bits per heavy atom. The number of carbonyl (C=O) groups is 1. The van der Waals surface area contributed by atoms with Gasteiger partial charge in [0.1, 0.15) is 17.7 Å². The minimum Gasteiger partial charge on any atom is -0.347 e. The van der Waals surface area contributed by atoms with Gasteiger partial charge in [0, 0.05) is 18.2 Å². The van der Waals surface area contributed by atoms with Crippen LogP contribution in [0.2, 0.25) is 0 Å². The fraction of sp³-hybridized carbons (Fsp3) is 0.333. The zero-order valence-corrected chi connectivity index (χ0v) is 17.3. The van der Waals surface area contributed by atoms with Crippen LogP contribution in [0, 0.1) is 5.82 Å². The molecule has 0 saturated carbocycles. The monoisotopic (exact) mass is 419 g/mol. The Kier molecular flexibility index (Phi) is 5.53. The average molecular weight is 420 g/mol. The molecule has 0 bridgehead atoms. The lowest BCUT2D eigenvalue weighted by molar-refractivity contribution is 0.0887. The summed E-state index contributed by atoms with van der Waals surface area (Å²) in [5.41, 5.74) is 3.35. The first-order chi connectivity index (χ1) is 15.2. The van der Waals surface area contributed by atoms with E-state index in [0.29, 0.717) is 24.0 Å². The molecule has 0 radical (unpaired) electrons. The summed E-state index contributed by atoms with van der Waals surface area (Å²) in [6.07, 6.45) is 2.02. The van der Waals surface area contributed by atoms with Crippen molar-refractivity contribution in [2.24, 2.45) is 0 Å². The molecule has 160 valence electrons. The van der Waals surface area contributed by atoms with Crippen LogP contribution in [-0.2, 0) is 6.54 Å². The van der Waals surface area contributed by atoms with Crippen LogP contribution in [-0.4, -0.2) is 46.3 Å². The van der Waals surface area contributed by atoms with Crippen LogP contribution in [0.15, 0.2) is 60.7 Å². The normalized spacial score (nSPS) is 19.8. The third kappa shape index (κ3) is 4.38. The van der Waals surface area contributed by atoms with Gasteiger partial charge in [-0.25, -0.2) is 9.07 Å². The number of carbonyl (C=O) groups excluding carboxylic acids is 1. The number of rotatable bonds is 5. The Labute approximate surface area is 181 Å². The molecule has 6 nitrogen and oxygen atoms in total. The van der Waals surface area contributed by atoms with E-state index in [2.05, 4.69) is 44.9 Å². The molecular formula is C24H26FN5O. The summed E-state index contributed by atoms with van der Waals surface area (Å²) in [5.74, 6) is -0.416. The first-order valence-corrected chi connectivity index (χ1v) is 10.8. The lowest BCUT2D eigenvalue weighted by Crippen LogP contribution is -2.50. The smallest absolute Gasteiger partial charge is 0.269 e. The molecule has 5 rings (SSSR count). The summed E-state index contributed by atoms with van der Waals surface area (Å²) >= 11 is 0. The average Bonchev–Trinajstić information content (AvgIpc) is 3.25. The second-order valence-electron chi connectivity index (χ2n) is 8.29. The molecule has 1 aromatic heterocycles. The second kappa shape index (κ2) is 8.61. The number of piperidine rings is 1. The number of benzene rings is 2. The van der Waals surface area contributed by atoms with Gasteiger partial charge in [-0.1, -0.05) is 30.3 Å². The van der Waals surface area contributed by atoms with Crippen LogP contribution in [0.4, 0.5) is 4.39 Å². The lowest BCUT2D eigenvalue weighted by Gasteiger charge is -2.36. The van der Waals surface area contributed by atoms with E-state index in [9.17, 15) is 9.18 Å². The number of nitrogens with zero attached hydrogens (tertiary/aromatic N) is 3. The zero-order valence-electron chi connectivity index (χ0n) is 17.3. The first-order valence-electron chi connectivity index (χ1n) is 10.8. The van der Waals surface area contributed by atoms with Gasteiger partial charge in [0.2, 0.25) is 0 Å². The Morgan fingerprint density at radius 2 is 1.81 bits per heavy atom. The molecule has 0 aliphatic carbocycles. The van der Waals surface area contributed by atoms with Crippen molar-refractivity contribution in [3.05, 3.63) is 77.7 Å². The minimum atomic E-state index is -0.288. The number of likely N-dealkylation sites (tertiary alicyclic amines) is 1. The second-order valence-corrected chi connectivity index (χ2v) is 8.29. The molecule has 3 aromatic rings. The van der Waals surface area contributed by atoms with Crippen LogP contribution in [0.5, 0.6) is 0 Å². The Hall–Kier alpha value is -3.03. The summed E-state index contributed by atoms with van der Waals surface area (Å²) in [6, 6.07) is 18.9. The standard InChI is InChI=1S/C24H26FN5O/c25-19-8-6-18(7-9-19)21-14-22-24(31)26-15-23(30(22)28-21)27-20-10-12-29(13-11-20)16-17-4-2-1-3-5-17/h1-9,14,20,23,27H,10-13,15-16H2,(H,26,31)/t23-/m0/s1. The number of fused-ring (bicyclic) bond motifs is 1.